The summed E-state index contributed by atoms with van der Waals surface area (Å²) in [5.41, 5.74) is 0. The standard InChI is InChI=1S/C12H24N2O/c1-2-6-13-12(5-1)11-15-10-9-14-7-3-4-8-14/h12-13H,1-11H2. The van der Waals surface area contributed by atoms with Gasteiger partial charge in [0.05, 0.1) is 13.2 Å². The lowest BCUT2D eigenvalue weighted by molar-refractivity contribution is 0.0863. The molecule has 0 amide bonds. The second-order valence-corrected chi connectivity index (χ2v) is 4.77. The van der Waals surface area contributed by atoms with Crippen LogP contribution in [0.1, 0.15) is 32.1 Å². The number of nitrogens with zero attached hydrogens (tertiary/aromatic N) is 1. The van der Waals surface area contributed by atoms with Gasteiger partial charge in [-0.2, -0.15) is 0 Å². The van der Waals surface area contributed by atoms with E-state index in [9.17, 15) is 0 Å². The van der Waals surface area contributed by atoms with Crippen molar-refractivity contribution in [3.8, 4) is 0 Å². The average molecular weight is 212 g/mol. The molecule has 2 aliphatic heterocycles. The van der Waals surface area contributed by atoms with Crippen molar-refractivity contribution in [2.45, 2.75) is 38.1 Å². The van der Waals surface area contributed by atoms with Crippen molar-refractivity contribution < 1.29 is 4.74 Å². The number of piperidine rings is 1. The Bertz CT molecular complexity index is 163. The molecule has 1 N–H and O–H groups in total. The van der Waals surface area contributed by atoms with Crippen molar-refractivity contribution in [3.63, 3.8) is 0 Å². The van der Waals surface area contributed by atoms with Gasteiger partial charge >= 0.3 is 0 Å². The summed E-state index contributed by atoms with van der Waals surface area (Å²) in [5, 5.41) is 3.51. The van der Waals surface area contributed by atoms with Gasteiger partial charge in [0, 0.05) is 12.6 Å². The molecule has 0 aromatic heterocycles. The number of hydrogen-bond donors (Lipinski definition) is 1. The van der Waals surface area contributed by atoms with Crippen LogP contribution in [0.25, 0.3) is 0 Å². The van der Waals surface area contributed by atoms with E-state index in [0.29, 0.717) is 6.04 Å². The van der Waals surface area contributed by atoms with Gasteiger partial charge in [0.15, 0.2) is 0 Å². The zero-order chi connectivity index (χ0) is 10.3. The summed E-state index contributed by atoms with van der Waals surface area (Å²) >= 11 is 0. The SMILES string of the molecule is C1CCC(COCCN2CCCC2)NC1. The van der Waals surface area contributed by atoms with Crippen molar-refractivity contribution in [2.24, 2.45) is 0 Å². The Morgan fingerprint density at radius 1 is 1.13 bits per heavy atom. The summed E-state index contributed by atoms with van der Waals surface area (Å²) in [6.45, 7) is 6.70. The lowest BCUT2D eigenvalue weighted by atomic mass is 10.1. The molecule has 15 heavy (non-hydrogen) atoms. The quantitative estimate of drug-likeness (QED) is 0.694. The molecule has 0 aromatic rings. The van der Waals surface area contributed by atoms with Crippen LogP contribution in [0.3, 0.4) is 0 Å². The Balaban J connectivity index is 1.47. The Morgan fingerprint density at radius 3 is 2.73 bits per heavy atom. The molecule has 3 heteroatoms. The topological polar surface area (TPSA) is 24.5 Å². The number of likely N-dealkylation sites (tertiary alicyclic amines) is 1. The minimum Gasteiger partial charge on any atom is -0.379 e. The third kappa shape index (κ3) is 4.09. The summed E-state index contributed by atoms with van der Waals surface area (Å²) in [6, 6.07) is 0.623. The van der Waals surface area contributed by atoms with E-state index >= 15 is 0 Å². The Kier molecular flexibility index (Phi) is 4.90. The molecule has 0 bridgehead atoms. The fraction of sp³-hybridized carbons (Fsp3) is 1.00. The van der Waals surface area contributed by atoms with Gasteiger partial charge in [-0.25, -0.2) is 0 Å². The highest BCUT2D eigenvalue weighted by Gasteiger charge is 2.13. The monoisotopic (exact) mass is 212 g/mol. The lowest BCUT2D eigenvalue weighted by Gasteiger charge is -2.23. The zero-order valence-electron chi connectivity index (χ0n) is 9.71. The predicted molar refractivity (Wildman–Crippen MR) is 62.1 cm³/mol. The first-order chi connectivity index (χ1) is 7.45. The van der Waals surface area contributed by atoms with Crippen molar-refractivity contribution in [2.75, 3.05) is 39.4 Å². The fourth-order valence-corrected chi connectivity index (χ4v) is 2.49. The highest BCUT2D eigenvalue weighted by molar-refractivity contribution is 4.71. The molecule has 2 heterocycles. The molecular formula is C12H24N2O. The molecule has 2 saturated heterocycles. The van der Waals surface area contributed by atoms with E-state index < -0.39 is 0 Å². The molecule has 0 saturated carbocycles. The van der Waals surface area contributed by atoms with Crippen LogP contribution in [0.2, 0.25) is 0 Å². The van der Waals surface area contributed by atoms with Crippen molar-refractivity contribution in [1.82, 2.24) is 10.2 Å². The summed E-state index contributed by atoms with van der Waals surface area (Å²) in [7, 11) is 0. The summed E-state index contributed by atoms with van der Waals surface area (Å²) in [6.07, 6.45) is 6.76. The Labute approximate surface area is 93.2 Å². The number of ether oxygens (including phenoxy) is 1. The zero-order valence-corrected chi connectivity index (χ0v) is 9.71. The van der Waals surface area contributed by atoms with Crippen LogP contribution in [0.15, 0.2) is 0 Å². The molecule has 2 rings (SSSR count). The molecule has 0 aromatic carbocycles. The summed E-state index contributed by atoms with van der Waals surface area (Å²) in [5.74, 6) is 0. The highest BCUT2D eigenvalue weighted by atomic mass is 16.5. The van der Waals surface area contributed by atoms with Crippen LogP contribution >= 0.6 is 0 Å². The minimum atomic E-state index is 0.623. The van der Waals surface area contributed by atoms with Crippen LogP contribution < -0.4 is 5.32 Å². The van der Waals surface area contributed by atoms with Gasteiger partial charge in [0.25, 0.3) is 0 Å². The largest absolute Gasteiger partial charge is 0.379 e. The van der Waals surface area contributed by atoms with Gasteiger partial charge in [-0.3, -0.25) is 0 Å². The summed E-state index contributed by atoms with van der Waals surface area (Å²) in [4.78, 5) is 2.51. The molecule has 2 fully saturated rings. The number of hydrogen-bond acceptors (Lipinski definition) is 3. The number of nitrogens with one attached hydrogen (secondary N) is 1. The maximum absolute atomic E-state index is 5.73. The third-order valence-corrected chi connectivity index (χ3v) is 3.48. The van der Waals surface area contributed by atoms with Crippen LogP contribution in [-0.2, 0) is 4.74 Å². The van der Waals surface area contributed by atoms with Gasteiger partial charge in [-0.1, -0.05) is 6.42 Å². The molecule has 0 aliphatic carbocycles. The molecule has 2 aliphatic rings. The maximum Gasteiger partial charge on any atom is 0.0620 e. The van der Waals surface area contributed by atoms with E-state index in [1.54, 1.807) is 0 Å². The second kappa shape index (κ2) is 6.46. The first-order valence-corrected chi connectivity index (χ1v) is 6.48. The van der Waals surface area contributed by atoms with E-state index in [1.165, 1.54) is 51.7 Å². The van der Waals surface area contributed by atoms with Crippen LogP contribution in [0, 0.1) is 0 Å². The molecule has 1 atom stereocenters. The van der Waals surface area contributed by atoms with E-state index in [4.69, 9.17) is 4.74 Å². The second-order valence-electron chi connectivity index (χ2n) is 4.77. The van der Waals surface area contributed by atoms with Crippen LogP contribution in [0.5, 0.6) is 0 Å². The van der Waals surface area contributed by atoms with Gasteiger partial charge in [0.2, 0.25) is 0 Å². The summed E-state index contributed by atoms with van der Waals surface area (Å²) < 4.78 is 5.73. The maximum atomic E-state index is 5.73. The molecule has 0 radical (unpaired) electrons. The molecule has 3 nitrogen and oxygen atoms in total. The first kappa shape index (κ1) is 11.4. The van der Waals surface area contributed by atoms with Crippen LogP contribution in [0.4, 0.5) is 0 Å². The average Bonchev–Trinajstić information content (AvgIpc) is 2.79. The predicted octanol–water partition coefficient (Wildman–Crippen LogP) is 1.24. The normalized spacial score (nSPS) is 28.4. The van der Waals surface area contributed by atoms with Crippen molar-refractivity contribution in [3.05, 3.63) is 0 Å². The van der Waals surface area contributed by atoms with Gasteiger partial charge < -0.3 is 15.0 Å². The van der Waals surface area contributed by atoms with Crippen LogP contribution in [-0.4, -0.2) is 50.3 Å². The van der Waals surface area contributed by atoms with E-state index in [0.717, 1.165) is 19.8 Å². The van der Waals surface area contributed by atoms with E-state index in [2.05, 4.69) is 10.2 Å². The van der Waals surface area contributed by atoms with Gasteiger partial charge in [0.1, 0.15) is 0 Å². The minimum absolute atomic E-state index is 0.623. The Morgan fingerprint density at radius 2 is 2.00 bits per heavy atom. The van der Waals surface area contributed by atoms with Gasteiger partial charge in [-0.05, 0) is 45.3 Å². The first-order valence-electron chi connectivity index (χ1n) is 6.48. The lowest BCUT2D eigenvalue weighted by Crippen LogP contribution is -2.38. The van der Waals surface area contributed by atoms with E-state index in [-0.39, 0.29) is 0 Å². The fourth-order valence-electron chi connectivity index (χ4n) is 2.49. The Hall–Kier alpha value is -0.120. The van der Waals surface area contributed by atoms with Gasteiger partial charge in [-0.15, -0.1) is 0 Å². The third-order valence-electron chi connectivity index (χ3n) is 3.48. The number of rotatable bonds is 5. The van der Waals surface area contributed by atoms with Crippen molar-refractivity contribution in [1.29, 1.82) is 0 Å². The molecular weight excluding hydrogens is 188 g/mol. The molecule has 1 unspecified atom stereocenters. The molecule has 88 valence electrons. The molecule has 0 spiro atoms. The van der Waals surface area contributed by atoms with Crippen molar-refractivity contribution >= 4 is 0 Å². The van der Waals surface area contributed by atoms with E-state index in [1.807, 2.05) is 0 Å². The highest BCUT2D eigenvalue weighted by Crippen LogP contribution is 2.08. The smallest absolute Gasteiger partial charge is 0.0620 e.